The van der Waals surface area contributed by atoms with Crippen LogP contribution in [-0.4, -0.2) is 52.0 Å². The van der Waals surface area contributed by atoms with Crippen LogP contribution in [0.5, 0.6) is 0 Å². The number of aromatic nitrogens is 3. The van der Waals surface area contributed by atoms with Crippen LogP contribution in [-0.2, 0) is 9.53 Å². The van der Waals surface area contributed by atoms with E-state index in [1.165, 1.54) is 16.4 Å². The zero-order valence-corrected chi connectivity index (χ0v) is 17.1. The maximum atomic E-state index is 13.3. The Morgan fingerprint density at radius 2 is 1.76 bits per heavy atom. The summed E-state index contributed by atoms with van der Waals surface area (Å²) < 4.78 is 6.79. The number of carbonyl (C=O) groups is 1. The van der Waals surface area contributed by atoms with Gasteiger partial charge in [0.1, 0.15) is 5.25 Å². The van der Waals surface area contributed by atoms with Crippen LogP contribution >= 0.6 is 23.4 Å². The van der Waals surface area contributed by atoms with E-state index in [4.69, 9.17) is 22.2 Å². The second kappa shape index (κ2) is 8.86. The number of hydrogen-bond acceptors (Lipinski definition) is 6. The van der Waals surface area contributed by atoms with Crippen LogP contribution in [0.2, 0.25) is 5.02 Å². The molecule has 1 saturated heterocycles. The normalized spacial score (nSPS) is 15.3. The first-order valence-electron chi connectivity index (χ1n) is 9.18. The van der Waals surface area contributed by atoms with Gasteiger partial charge in [-0.15, -0.1) is 10.2 Å². The van der Waals surface area contributed by atoms with E-state index in [1.807, 2.05) is 47.4 Å². The summed E-state index contributed by atoms with van der Waals surface area (Å²) in [5, 5.41) is 9.06. The number of carbonyl (C=O) groups excluding carboxylic acids is 1. The Labute approximate surface area is 177 Å². The molecule has 29 heavy (non-hydrogen) atoms. The van der Waals surface area contributed by atoms with Crippen molar-refractivity contribution in [3.8, 4) is 11.4 Å². The third-order valence-electron chi connectivity index (χ3n) is 4.64. The molecule has 1 aliphatic heterocycles. The number of nitrogens with two attached hydrogens (primary N) is 1. The zero-order chi connectivity index (χ0) is 20.2. The van der Waals surface area contributed by atoms with Crippen molar-refractivity contribution in [2.45, 2.75) is 10.4 Å². The van der Waals surface area contributed by atoms with Gasteiger partial charge in [-0.3, -0.25) is 4.79 Å². The van der Waals surface area contributed by atoms with E-state index in [-0.39, 0.29) is 5.91 Å². The molecule has 150 valence electrons. The summed E-state index contributed by atoms with van der Waals surface area (Å²) in [6.07, 6.45) is 0. The number of rotatable bonds is 5. The summed E-state index contributed by atoms with van der Waals surface area (Å²) in [4.78, 5) is 15.1. The molecule has 9 heteroatoms. The van der Waals surface area contributed by atoms with Gasteiger partial charge in [0.2, 0.25) is 11.1 Å². The second-order valence-electron chi connectivity index (χ2n) is 6.53. The first-order valence-corrected chi connectivity index (χ1v) is 10.4. The molecule has 1 atom stereocenters. The highest BCUT2D eigenvalue weighted by molar-refractivity contribution is 8.00. The SMILES string of the molecule is Nn1c(SC(C(=O)N2CCOCC2)c2ccccc2)nnc1-c1ccc(Cl)cc1. The fourth-order valence-corrected chi connectivity index (χ4v) is 4.26. The van der Waals surface area contributed by atoms with Crippen molar-refractivity contribution in [1.82, 2.24) is 19.8 Å². The number of halogens is 1. The van der Waals surface area contributed by atoms with Crippen molar-refractivity contribution >= 4 is 29.3 Å². The van der Waals surface area contributed by atoms with E-state index in [0.29, 0.717) is 42.3 Å². The Balaban J connectivity index is 1.62. The fourth-order valence-electron chi connectivity index (χ4n) is 3.10. The molecule has 1 amide bonds. The Kier molecular flexibility index (Phi) is 6.03. The van der Waals surface area contributed by atoms with E-state index in [9.17, 15) is 4.79 Å². The van der Waals surface area contributed by atoms with Gasteiger partial charge < -0.3 is 15.5 Å². The average Bonchev–Trinajstić information content (AvgIpc) is 3.13. The summed E-state index contributed by atoms with van der Waals surface area (Å²) in [7, 11) is 0. The highest BCUT2D eigenvalue weighted by atomic mass is 35.5. The molecule has 1 unspecified atom stereocenters. The van der Waals surface area contributed by atoms with Crippen molar-refractivity contribution in [2.75, 3.05) is 32.1 Å². The van der Waals surface area contributed by atoms with Crippen LogP contribution in [0.3, 0.4) is 0 Å². The lowest BCUT2D eigenvalue weighted by Gasteiger charge is -2.30. The molecule has 2 aromatic carbocycles. The minimum atomic E-state index is -0.473. The standard InChI is InChI=1S/C20H20ClN5O2S/c21-16-8-6-15(7-9-16)18-23-24-20(26(18)22)29-17(14-4-2-1-3-5-14)19(27)25-10-12-28-13-11-25/h1-9,17H,10-13,22H2. The molecule has 2 N–H and O–H groups in total. The van der Waals surface area contributed by atoms with Gasteiger partial charge in [-0.25, -0.2) is 4.68 Å². The Morgan fingerprint density at radius 3 is 2.45 bits per heavy atom. The number of amides is 1. The number of nitrogen functional groups attached to an aromatic ring is 1. The van der Waals surface area contributed by atoms with Gasteiger partial charge in [-0.2, -0.15) is 0 Å². The van der Waals surface area contributed by atoms with E-state index in [2.05, 4.69) is 10.2 Å². The average molecular weight is 430 g/mol. The molecule has 0 bridgehead atoms. The molecular formula is C20H20ClN5O2S. The molecule has 0 spiro atoms. The zero-order valence-electron chi connectivity index (χ0n) is 15.6. The summed E-state index contributed by atoms with van der Waals surface area (Å²) in [6, 6.07) is 16.8. The quantitative estimate of drug-likeness (QED) is 0.495. The Bertz CT molecular complexity index is 974. The maximum Gasteiger partial charge on any atom is 0.240 e. The van der Waals surface area contributed by atoms with Crippen molar-refractivity contribution in [1.29, 1.82) is 0 Å². The van der Waals surface area contributed by atoms with Crippen LogP contribution in [0.15, 0.2) is 59.8 Å². The van der Waals surface area contributed by atoms with Crippen LogP contribution in [0.4, 0.5) is 0 Å². The van der Waals surface area contributed by atoms with Gasteiger partial charge in [0.05, 0.1) is 13.2 Å². The molecule has 0 radical (unpaired) electrons. The Morgan fingerprint density at radius 1 is 1.07 bits per heavy atom. The number of hydrogen-bond donors (Lipinski definition) is 1. The lowest BCUT2D eigenvalue weighted by atomic mass is 10.1. The highest BCUT2D eigenvalue weighted by Crippen LogP contribution is 2.36. The molecule has 3 aromatic rings. The third-order valence-corrected chi connectivity index (χ3v) is 6.09. The molecule has 1 aromatic heterocycles. The van der Waals surface area contributed by atoms with Gasteiger partial charge in [0.15, 0.2) is 5.82 Å². The molecule has 0 aliphatic carbocycles. The summed E-state index contributed by atoms with van der Waals surface area (Å²) in [5.74, 6) is 6.79. The van der Waals surface area contributed by atoms with E-state index in [0.717, 1.165) is 11.1 Å². The summed E-state index contributed by atoms with van der Waals surface area (Å²) in [5.41, 5.74) is 1.69. The topological polar surface area (TPSA) is 86.3 Å². The van der Waals surface area contributed by atoms with Crippen molar-refractivity contribution in [3.05, 3.63) is 65.2 Å². The van der Waals surface area contributed by atoms with Crippen molar-refractivity contribution < 1.29 is 9.53 Å². The first-order chi connectivity index (χ1) is 14.1. The number of nitrogens with zero attached hydrogens (tertiary/aromatic N) is 4. The smallest absolute Gasteiger partial charge is 0.240 e. The van der Waals surface area contributed by atoms with Gasteiger partial charge in [0, 0.05) is 23.7 Å². The first kappa shape index (κ1) is 19.8. The largest absolute Gasteiger partial charge is 0.378 e. The number of thioether (sulfide) groups is 1. The second-order valence-corrected chi connectivity index (χ2v) is 8.04. The molecule has 7 nitrogen and oxygen atoms in total. The number of benzene rings is 2. The Hall–Kier alpha value is -2.55. The highest BCUT2D eigenvalue weighted by Gasteiger charge is 2.30. The lowest BCUT2D eigenvalue weighted by Crippen LogP contribution is -2.42. The van der Waals surface area contributed by atoms with Crippen LogP contribution in [0.1, 0.15) is 10.8 Å². The predicted molar refractivity (Wildman–Crippen MR) is 113 cm³/mol. The van der Waals surface area contributed by atoms with E-state index in [1.54, 1.807) is 12.1 Å². The molecule has 4 rings (SSSR count). The molecule has 1 aliphatic rings. The van der Waals surface area contributed by atoms with Crippen molar-refractivity contribution in [2.24, 2.45) is 0 Å². The summed E-state index contributed by atoms with van der Waals surface area (Å²) in [6.45, 7) is 2.25. The maximum absolute atomic E-state index is 13.3. The van der Waals surface area contributed by atoms with Gasteiger partial charge >= 0.3 is 0 Å². The summed E-state index contributed by atoms with van der Waals surface area (Å²) >= 11 is 7.26. The number of ether oxygens (including phenoxy) is 1. The fraction of sp³-hybridized carbons (Fsp3) is 0.250. The molecule has 1 fully saturated rings. The van der Waals surface area contributed by atoms with Crippen LogP contribution in [0.25, 0.3) is 11.4 Å². The van der Waals surface area contributed by atoms with Gasteiger partial charge in [-0.05, 0) is 29.8 Å². The molecule has 2 heterocycles. The van der Waals surface area contributed by atoms with Gasteiger partial charge in [0.25, 0.3) is 0 Å². The molecular weight excluding hydrogens is 410 g/mol. The monoisotopic (exact) mass is 429 g/mol. The van der Waals surface area contributed by atoms with Gasteiger partial charge in [-0.1, -0.05) is 53.7 Å². The third kappa shape index (κ3) is 4.39. The van der Waals surface area contributed by atoms with E-state index < -0.39 is 5.25 Å². The number of morpholine rings is 1. The minimum Gasteiger partial charge on any atom is -0.378 e. The minimum absolute atomic E-state index is 0.0144. The molecule has 0 saturated carbocycles. The van der Waals surface area contributed by atoms with Crippen LogP contribution < -0.4 is 5.84 Å². The lowest BCUT2D eigenvalue weighted by molar-refractivity contribution is -0.134. The predicted octanol–water partition coefficient (Wildman–Crippen LogP) is 3.00. The van der Waals surface area contributed by atoms with Crippen LogP contribution in [0, 0.1) is 0 Å². The van der Waals surface area contributed by atoms with E-state index >= 15 is 0 Å². The van der Waals surface area contributed by atoms with Crippen molar-refractivity contribution in [3.63, 3.8) is 0 Å².